The minimum absolute atomic E-state index is 0.0477. The van der Waals surface area contributed by atoms with Crippen LogP contribution in [0, 0.1) is 23.7 Å². The second-order valence-corrected chi connectivity index (χ2v) is 9.36. The standard InChI is InChI=1S/C23H36O4/c1-8-15(6)25-22(14(4)5)26-20-17-9-16-10-18(12-17)23(7,19(20)11-16)27-21(24)13(2)3/h15-20,22H,2,4,8-12H2,1,3,5-7H3. The van der Waals surface area contributed by atoms with Gasteiger partial charge in [-0.2, -0.15) is 0 Å². The van der Waals surface area contributed by atoms with Crippen LogP contribution < -0.4 is 0 Å². The van der Waals surface area contributed by atoms with E-state index in [1.165, 1.54) is 6.42 Å². The third-order valence-electron chi connectivity index (χ3n) is 7.11. The summed E-state index contributed by atoms with van der Waals surface area (Å²) in [5.74, 6) is 1.60. The van der Waals surface area contributed by atoms with E-state index in [4.69, 9.17) is 14.2 Å². The van der Waals surface area contributed by atoms with E-state index in [0.717, 1.165) is 37.2 Å². The van der Waals surface area contributed by atoms with Gasteiger partial charge >= 0.3 is 5.97 Å². The van der Waals surface area contributed by atoms with E-state index in [-0.39, 0.29) is 24.1 Å². The van der Waals surface area contributed by atoms with Crippen molar-refractivity contribution in [3.8, 4) is 0 Å². The van der Waals surface area contributed by atoms with Crippen LogP contribution in [0.3, 0.4) is 0 Å². The van der Waals surface area contributed by atoms with Gasteiger partial charge in [-0.05, 0) is 83.1 Å². The van der Waals surface area contributed by atoms with Crippen molar-refractivity contribution in [3.05, 3.63) is 24.3 Å². The Bertz CT molecular complexity index is 611. The molecule has 0 aromatic carbocycles. The predicted octanol–water partition coefficient (Wildman–Crippen LogP) is 5.03. The molecule has 8 atom stereocenters. The highest BCUT2D eigenvalue weighted by molar-refractivity contribution is 5.87. The topological polar surface area (TPSA) is 44.8 Å². The Morgan fingerprint density at radius 2 is 1.89 bits per heavy atom. The Labute approximate surface area is 164 Å². The summed E-state index contributed by atoms with van der Waals surface area (Å²) in [5.41, 5.74) is 0.872. The molecule has 4 rings (SSSR count). The third kappa shape index (κ3) is 3.88. The maximum atomic E-state index is 12.4. The molecule has 4 aliphatic rings. The van der Waals surface area contributed by atoms with Gasteiger partial charge in [0.05, 0.1) is 12.2 Å². The first-order chi connectivity index (χ1) is 12.7. The number of carbonyl (C=O) groups is 1. The van der Waals surface area contributed by atoms with Crippen LogP contribution in [-0.2, 0) is 19.0 Å². The molecule has 0 amide bonds. The quantitative estimate of drug-likeness (QED) is 0.258. The number of esters is 1. The average molecular weight is 377 g/mol. The van der Waals surface area contributed by atoms with Crippen molar-refractivity contribution in [2.45, 2.75) is 90.8 Å². The monoisotopic (exact) mass is 376 g/mol. The van der Waals surface area contributed by atoms with Gasteiger partial charge in [0.2, 0.25) is 0 Å². The predicted molar refractivity (Wildman–Crippen MR) is 106 cm³/mol. The molecule has 0 N–H and O–H groups in total. The van der Waals surface area contributed by atoms with E-state index < -0.39 is 11.9 Å². The fourth-order valence-electron chi connectivity index (χ4n) is 5.46. The van der Waals surface area contributed by atoms with Gasteiger partial charge in [0, 0.05) is 11.5 Å². The van der Waals surface area contributed by atoms with Crippen molar-refractivity contribution >= 4 is 5.97 Å². The molecule has 0 aliphatic heterocycles. The lowest BCUT2D eigenvalue weighted by Gasteiger charge is -2.62. The van der Waals surface area contributed by atoms with Crippen LogP contribution in [-0.4, -0.2) is 30.1 Å². The number of carbonyl (C=O) groups excluding carboxylic acids is 1. The Morgan fingerprint density at radius 3 is 2.48 bits per heavy atom. The number of rotatable bonds is 8. The maximum absolute atomic E-state index is 12.4. The van der Waals surface area contributed by atoms with Crippen LogP contribution in [0.15, 0.2) is 24.3 Å². The van der Waals surface area contributed by atoms with Gasteiger partial charge in [-0.1, -0.05) is 20.1 Å². The van der Waals surface area contributed by atoms with Gasteiger partial charge in [-0.3, -0.25) is 0 Å². The minimum Gasteiger partial charge on any atom is -0.455 e. The molecule has 4 aliphatic carbocycles. The smallest absolute Gasteiger partial charge is 0.333 e. The largest absolute Gasteiger partial charge is 0.455 e. The van der Waals surface area contributed by atoms with E-state index in [0.29, 0.717) is 17.4 Å². The molecule has 0 aromatic heterocycles. The molecule has 4 fully saturated rings. The van der Waals surface area contributed by atoms with Crippen molar-refractivity contribution in [3.63, 3.8) is 0 Å². The molecule has 4 saturated carbocycles. The van der Waals surface area contributed by atoms with Crippen molar-refractivity contribution < 1.29 is 19.0 Å². The highest BCUT2D eigenvalue weighted by atomic mass is 16.7. The van der Waals surface area contributed by atoms with Gasteiger partial charge in [0.1, 0.15) is 5.60 Å². The summed E-state index contributed by atoms with van der Waals surface area (Å²) in [7, 11) is 0. The van der Waals surface area contributed by atoms with Gasteiger partial charge < -0.3 is 14.2 Å². The van der Waals surface area contributed by atoms with Crippen LogP contribution in [0.2, 0.25) is 0 Å². The Kier molecular flexibility index (Phi) is 5.88. The summed E-state index contributed by atoms with van der Waals surface area (Å²) in [4.78, 5) is 12.4. The van der Waals surface area contributed by atoms with Gasteiger partial charge in [-0.15, -0.1) is 0 Å². The van der Waals surface area contributed by atoms with E-state index in [9.17, 15) is 4.79 Å². The first kappa shape index (κ1) is 20.6. The van der Waals surface area contributed by atoms with Crippen molar-refractivity contribution in [1.82, 2.24) is 0 Å². The molecule has 152 valence electrons. The number of hydrogen-bond acceptors (Lipinski definition) is 4. The Balaban J connectivity index is 1.82. The first-order valence-electron chi connectivity index (χ1n) is 10.5. The summed E-state index contributed by atoms with van der Waals surface area (Å²) in [6.07, 6.45) is 5.20. The van der Waals surface area contributed by atoms with Crippen molar-refractivity contribution in [2.75, 3.05) is 0 Å². The molecule has 0 spiro atoms. The molecule has 4 bridgehead atoms. The summed E-state index contributed by atoms with van der Waals surface area (Å²) in [6, 6.07) is 0. The maximum Gasteiger partial charge on any atom is 0.333 e. The average Bonchev–Trinajstić information content (AvgIpc) is 2.60. The van der Waals surface area contributed by atoms with Crippen molar-refractivity contribution in [2.24, 2.45) is 23.7 Å². The fourth-order valence-corrected chi connectivity index (χ4v) is 5.46. The summed E-state index contributed by atoms with van der Waals surface area (Å²) < 4.78 is 18.7. The van der Waals surface area contributed by atoms with Crippen LogP contribution in [0.5, 0.6) is 0 Å². The van der Waals surface area contributed by atoms with E-state index in [1.54, 1.807) is 6.92 Å². The molecule has 8 unspecified atom stereocenters. The van der Waals surface area contributed by atoms with Crippen LogP contribution in [0.1, 0.15) is 66.7 Å². The first-order valence-corrected chi connectivity index (χ1v) is 10.5. The second kappa shape index (κ2) is 7.71. The SMILES string of the molecule is C=C(C)C(=O)OC1(C)C2CC3CC(C2)C(OC(OC(C)CC)C(=C)C)C1C3. The zero-order valence-corrected chi connectivity index (χ0v) is 17.6. The minimum atomic E-state index is -0.482. The molecular formula is C23H36O4. The number of hydrogen-bond donors (Lipinski definition) is 0. The molecular weight excluding hydrogens is 340 g/mol. The Hall–Kier alpha value is -1.13. The lowest BCUT2D eigenvalue weighted by Crippen LogP contribution is -2.65. The number of ether oxygens (including phenoxy) is 3. The molecule has 0 saturated heterocycles. The zero-order chi connectivity index (χ0) is 19.9. The zero-order valence-electron chi connectivity index (χ0n) is 17.6. The molecule has 4 heteroatoms. The molecule has 0 heterocycles. The molecule has 0 aromatic rings. The lowest BCUT2D eigenvalue weighted by atomic mass is 9.49. The van der Waals surface area contributed by atoms with E-state index in [2.05, 4.69) is 33.9 Å². The second-order valence-electron chi connectivity index (χ2n) is 9.36. The summed E-state index contributed by atoms with van der Waals surface area (Å²) in [6.45, 7) is 17.8. The van der Waals surface area contributed by atoms with Crippen LogP contribution in [0.25, 0.3) is 0 Å². The highest BCUT2D eigenvalue weighted by Gasteiger charge is 2.62. The van der Waals surface area contributed by atoms with E-state index >= 15 is 0 Å². The fraction of sp³-hybridized carbons (Fsp3) is 0.783. The van der Waals surface area contributed by atoms with Gasteiger partial charge in [-0.25, -0.2) is 4.79 Å². The molecule has 0 radical (unpaired) electrons. The van der Waals surface area contributed by atoms with Crippen LogP contribution in [0.4, 0.5) is 0 Å². The summed E-state index contributed by atoms with van der Waals surface area (Å²) in [5, 5.41) is 0. The van der Waals surface area contributed by atoms with Crippen LogP contribution >= 0.6 is 0 Å². The molecule has 27 heavy (non-hydrogen) atoms. The third-order valence-corrected chi connectivity index (χ3v) is 7.11. The Morgan fingerprint density at radius 1 is 1.19 bits per heavy atom. The van der Waals surface area contributed by atoms with E-state index in [1.807, 2.05) is 6.92 Å². The van der Waals surface area contributed by atoms with Crippen molar-refractivity contribution in [1.29, 1.82) is 0 Å². The normalized spacial score (nSPS) is 39.1. The molecule has 4 nitrogen and oxygen atoms in total. The van der Waals surface area contributed by atoms with Gasteiger partial charge in [0.15, 0.2) is 6.29 Å². The summed E-state index contributed by atoms with van der Waals surface area (Å²) >= 11 is 0. The highest BCUT2D eigenvalue weighted by Crippen LogP contribution is 2.60. The van der Waals surface area contributed by atoms with Gasteiger partial charge in [0.25, 0.3) is 0 Å². The lowest BCUT2D eigenvalue weighted by molar-refractivity contribution is -0.273.